The molecule has 0 aromatic rings. The predicted molar refractivity (Wildman–Crippen MR) is 63.4 cm³/mol. The van der Waals surface area contributed by atoms with Crippen molar-refractivity contribution in [2.45, 2.75) is 63.6 Å². The van der Waals surface area contributed by atoms with Crippen molar-refractivity contribution in [3.8, 4) is 0 Å². The molecule has 2 saturated carbocycles. The number of hydrogen-bond donors (Lipinski definition) is 0. The lowest BCUT2D eigenvalue weighted by Crippen LogP contribution is -2.37. The van der Waals surface area contributed by atoms with Gasteiger partial charge in [-0.3, -0.25) is 0 Å². The molecular weight excluding hydrogens is 200 g/mol. The Kier molecular flexibility index (Phi) is 3.49. The first-order chi connectivity index (χ1) is 7.92. The molecule has 3 rings (SSSR count). The van der Waals surface area contributed by atoms with E-state index in [1.165, 1.54) is 51.4 Å². The lowest BCUT2D eigenvalue weighted by molar-refractivity contribution is -0.0875. The summed E-state index contributed by atoms with van der Waals surface area (Å²) in [5.41, 5.74) is 0. The van der Waals surface area contributed by atoms with Gasteiger partial charge in [-0.25, -0.2) is 0 Å². The molecule has 0 aromatic heterocycles. The van der Waals surface area contributed by atoms with Gasteiger partial charge in [0.1, 0.15) is 0 Å². The minimum absolute atomic E-state index is 0.584. The molecular formula is C14H24O2. The van der Waals surface area contributed by atoms with Crippen molar-refractivity contribution in [1.29, 1.82) is 0 Å². The molecule has 0 bridgehead atoms. The van der Waals surface area contributed by atoms with Gasteiger partial charge in [-0.15, -0.1) is 0 Å². The van der Waals surface area contributed by atoms with Crippen LogP contribution < -0.4 is 0 Å². The van der Waals surface area contributed by atoms with Gasteiger partial charge in [-0.05, 0) is 44.4 Å². The third kappa shape index (κ3) is 2.43. The Morgan fingerprint density at radius 1 is 0.688 bits per heavy atom. The van der Waals surface area contributed by atoms with Crippen LogP contribution in [-0.4, -0.2) is 25.4 Å². The highest BCUT2D eigenvalue weighted by Crippen LogP contribution is 2.36. The van der Waals surface area contributed by atoms with Gasteiger partial charge in [0, 0.05) is 5.92 Å². The van der Waals surface area contributed by atoms with Crippen LogP contribution in [0.1, 0.15) is 51.4 Å². The second kappa shape index (κ2) is 5.05. The van der Waals surface area contributed by atoms with Crippen molar-refractivity contribution < 1.29 is 9.47 Å². The summed E-state index contributed by atoms with van der Waals surface area (Å²) in [6.45, 7) is 2.05. The van der Waals surface area contributed by atoms with E-state index in [-0.39, 0.29) is 0 Å². The van der Waals surface area contributed by atoms with Crippen molar-refractivity contribution in [1.82, 2.24) is 0 Å². The summed E-state index contributed by atoms with van der Waals surface area (Å²) in [6.07, 6.45) is 12.0. The summed E-state index contributed by atoms with van der Waals surface area (Å²) in [4.78, 5) is 0. The van der Waals surface area contributed by atoms with Crippen LogP contribution in [0, 0.1) is 11.8 Å². The van der Waals surface area contributed by atoms with E-state index < -0.39 is 0 Å². The summed E-state index contributed by atoms with van der Waals surface area (Å²) in [6, 6.07) is 0. The van der Waals surface area contributed by atoms with Crippen molar-refractivity contribution in [3.05, 3.63) is 0 Å². The summed E-state index contributed by atoms with van der Waals surface area (Å²) >= 11 is 0. The smallest absolute Gasteiger partial charge is 0.0579 e. The first kappa shape index (κ1) is 11.0. The van der Waals surface area contributed by atoms with Crippen LogP contribution in [0.2, 0.25) is 0 Å². The fraction of sp³-hybridized carbons (Fsp3) is 1.00. The number of rotatable bonds is 3. The van der Waals surface area contributed by atoms with E-state index in [9.17, 15) is 0 Å². The molecule has 1 heterocycles. The zero-order valence-corrected chi connectivity index (χ0v) is 10.2. The van der Waals surface area contributed by atoms with E-state index >= 15 is 0 Å². The van der Waals surface area contributed by atoms with Crippen LogP contribution in [0.25, 0.3) is 0 Å². The molecule has 1 aliphatic heterocycles. The van der Waals surface area contributed by atoms with Gasteiger partial charge in [0.25, 0.3) is 0 Å². The van der Waals surface area contributed by atoms with E-state index in [0.717, 1.165) is 25.0 Å². The molecule has 1 saturated heterocycles. The summed E-state index contributed by atoms with van der Waals surface area (Å²) in [5.74, 6) is 1.82. The number of ether oxygens (including phenoxy) is 2. The van der Waals surface area contributed by atoms with Crippen molar-refractivity contribution in [2.75, 3.05) is 13.2 Å². The maximum Gasteiger partial charge on any atom is 0.0579 e. The fourth-order valence-electron chi connectivity index (χ4n) is 3.52. The third-order valence-corrected chi connectivity index (χ3v) is 4.74. The molecule has 2 heteroatoms. The topological polar surface area (TPSA) is 18.5 Å². The first-order valence-electron chi connectivity index (χ1n) is 7.15. The average Bonchev–Trinajstić information content (AvgIpc) is 2.71. The zero-order chi connectivity index (χ0) is 10.8. The summed E-state index contributed by atoms with van der Waals surface area (Å²) in [5, 5.41) is 0. The van der Waals surface area contributed by atoms with Gasteiger partial charge in [0.15, 0.2) is 0 Å². The summed E-state index contributed by atoms with van der Waals surface area (Å²) < 4.78 is 11.5. The fourth-order valence-corrected chi connectivity index (χ4v) is 3.52. The monoisotopic (exact) mass is 224 g/mol. The molecule has 0 spiro atoms. The molecule has 2 nitrogen and oxygen atoms in total. The maximum atomic E-state index is 6.20. The van der Waals surface area contributed by atoms with Crippen LogP contribution in [0.3, 0.4) is 0 Å². The molecule has 0 radical (unpaired) electrons. The Bertz CT molecular complexity index is 211. The lowest BCUT2D eigenvalue weighted by atomic mass is 9.78. The highest BCUT2D eigenvalue weighted by molar-refractivity contribution is 4.82. The van der Waals surface area contributed by atoms with Crippen molar-refractivity contribution in [2.24, 2.45) is 11.8 Å². The highest BCUT2D eigenvalue weighted by Gasteiger charge is 2.33. The number of hydrogen-bond acceptors (Lipinski definition) is 2. The zero-order valence-electron chi connectivity index (χ0n) is 10.2. The van der Waals surface area contributed by atoms with Crippen molar-refractivity contribution in [3.63, 3.8) is 0 Å². The Labute approximate surface area is 98.7 Å². The molecule has 0 unspecified atom stereocenters. The molecule has 0 atom stereocenters. The molecule has 92 valence electrons. The van der Waals surface area contributed by atoms with Crippen LogP contribution in [0.4, 0.5) is 0 Å². The highest BCUT2D eigenvalue weighted by atomic mass is 16.5. The van der Waals surface area contributed by atoms with Gasteiger partial charge in [0.05, 0.1) is 25.4 Å². The first-order valence-corrected chi connectivity index (χ1v) is 7.15. The second-order valence-electron chi connectivity index (χ2n) is 5.88. The van der Waals surface area contributed by atoms with E-state index in [1.54, 1.807) is 0 Å². The third-order valence-electron chi connectivity index (χ3n) is 4.74. The average molecular weight is 224 g/mol. The molecule has 0 N–H and O–H groups in total. The standard InChI is InChI=1S/C14H24O2/c1-2-4-13(3-1)16-14-7-5-11(6-8-14)12-9-15-10-12/h11-14H,1-10H2. The van der Waals surface area contributed by atoms with Crippen molar-refractivity contribution >= 4 is 0 Å². The molecule has 3 fully saturated rings. The van der Waals surface area contributed by atoms with E-state index in [2.05, 4.69) is 0 Å². The minimum atomic E-state index is 0.584. The Morgan fingerprint density at radius 2 is 1.31 bits per heavy atom. The largest absolute Gasteiger partial charge is 0.381 e. The maximum absolute atomic E-state index is 6.20. The second-order valence-corrected chi connectivity index (χ2v) is 5.88. The van der Waals surface area contributed by atoms with Gasteiger partial charge in [0.2, 0.25) is 0 Å². The van der Waals surface area contributed by atoms with Crippen LogP contribution in [-0.2, 0) is 9.47 Å². The van der Waals surface area contributed by atoms with Crippen LogP contribution in [0.5, 0.6) is 0 Å². The minimum Gasteiger partial charge on any atom is -0.381 e. The normalized spacial score (nSPS) is 37.5. The van der Waals surface area contributed by atoms with Gasteiger partial charge in [-0.2, -0.15) is 0 Å². The summed E-state index contributed by atoms with van der Waals surface area (Å²) in [7, 11) is 0. The van der Waals surface area contributed by atoms with E-state index in [1.807, 2.05) is 0 Å². The van der Waals surface area contributed by atoms with E-state index in [4.69, 9.17) is 9.47 Å². The Balaban J connectivity index is 1.39. The Hall–Kier alpha value is -0.0800. The van der Waals surface area contributed by atoms with Gasteiger partial charge in [-0.1, -0.05) is 12.8 Å². The quantitative estimate of drug-likeness (QED) is 0.733. The molecule has 0 aromatic carbocycles. The molecule has 3 aliphatic rings. The van der Waals surface area contributed by atoms with Gasteiger partial charge < -0.3 is 9.47 Å². The lowest BCUT2D eigenvalue weighted by Gasteiger charge is -2.38. The molecule has 2 aliphatic carbocycles. The van der Waals surface area contributed by atoms with Crippen LogP contribution >= 0.6 is 0 Å². The predicted octanol–water partition coefficient (Wildman–Crippen LogP) is 3.15. The van der Waals surface area contributed by atoms with E-state index in [0.29, 0.717) is 12.2 Å². The Morgan fingerprint density at radius 3 is 1.88 bits per heavy atom. The molecule has 16 heavy (non-hydrogen) atoms. The SMILES string of the molecule is C1CCC(OC2CCC(C3COC3)CC2)C1. The molecule has 0 amide bonds. The van der Waals surface area contributed by atoms with Gasteiger partial charge >= 0.3 is 0 Å². The van der Waals surface area contributed by atoms with Crippen LogP contribution in [0.15, 0.2) is 0 Å².